The minimum absolute atomic E-state index is 0. The van der Waals surface area contributed by atoms with Crippen LogP contribution in [0.3, 0.4) is 0 Å². The summed E-state index contributed by atoms with van der Waals surface area (Å²) in [6.07, 6.45) is 2.49. The second kappa shape index (κ2) is 5.32. The van der Waals surface area contributed by atoms with Crippen LogP contribution in [0.4, 0.5) is 5.82 Å². The molecular formula is C6H6N3OY-. The molecule has 0 aliphatic rings. The Labute approximate surface area is 89.7 Å². The van der Waals surface area contributed by atoms with Crippen molar-refractivity contribution in [1.29, 1.82) is 0 Å². The monoisotopic (exact) mass is 225 g/mol. The average Bonchev–Trinajstić information content (AvgIpc) is 1.88. The summed E-state index contributed by atoms with van der Waals surface area (Å²) >= 11 is 0. The summed E-state index contributed by atoms with van der Waals surface area (Å²) in [6, 6.07) is 3.20. The number of anilines is 1. The van der Waals surface area contributed by atoms with Gasteiger partial charge in [-0.05, 0) is 0 Å². The number of nitrogens with one attached hydrogen (secondary N) is 1. The van der Waals surface area contributed by atoms with Crippen LogP contribution >= 0.6 is 0 Å². The molecule has 1 amide bonds. The van der Waals surface area contributed by atoms with Crippen LogP contribution in [0, 0.1) is 6.20 Å². The second-order valence-corrected chi connectivity index (χ2v) is 1.73. The molecule has 0 aliphatic heterocycles. The summed E-state index contributed by atoms with van der Waals surface area (Å²) in [7, 11) is 0. The van der Waals surface area contributed by atoms with Gasteiger partial charge in [0.05, 0.1) is 5.82 Å². The Bertz CT molecular complexity index is 227. The van der Waals surface area contributed by atoms with Gasteiger partial charge in [-0.25, -0.2) is 6.07 Å². The number of carbonyl (C=O) groups is 1. The summed E-state index contributed by atoms with van der Waals surface area (Å²) in [5.41, 5.74) is 0. The fourth-order valence-corrected chi connectivity index (χ4v) is 0.513. The van der Waals surface area contributed by atoms with Crippen LogP contribution in [0.2, 0.25) is 0 Å². The van der Waals surface area contributed by atoms with Crippen molar-refractivity contribution in [3.63, 3.8) is 0 Å². The molecule has 0 atom stereocenters. The zero-order valence-corrected chi connectivity index (χ0v) is 8.87. The number of nitrogens with zero attached hydrogens (tertiary/aromatic N) is 2. The van der Waals surface area contributed by atoms with Crippen LogP contribution in [0.5, 0.6) is 0 Å². The van der Waals surface area contributed by atoms with E-state index in [0.29, 0.717) is 5.82 Å². The maximum Gasteiger partial charge on any atom is 0.221 e. The average molecular weight is 225 g/mol. The summed E-state index contributed by atoms with van der Waals surface area (Å²) < 4.78 is 0. The molecule has 0 aliphatic carbocycles. The van der Waals surface area contributed by atoms with E-state index in [0.717, 1.165) is 0 Å². The molecule has 1 radical (unpaired) electrons. The number of carbonyl (C=O) groups excluding carboxylic acids is 1. The molecule has 5 heteroatoms. The van der Waals surface area contributed by atoms with E-state index in [1.807, 2.05) is 0 Å². The summed E-state index contributed by atoms with van der Waals surface area (Å²) in [5.74, 6) is 0.298. The Morgan fingerprint density at radius 1 is 1.73 bits per heavy atom. The van der Waals surface area contributed by atoms with Gasteiger partial charge in [0.1, 0.15) is 0 Å². The molecule has 1 N–H and O–H groups in total. The van der Waals surface area contributed by atoms with Crippen LogP contribution in [0.1, 0.15) is 6.92 Å². The summed E-state index contributed by atoms with van der Waals surface area (Å²) in [4.78, 5) is 10.4. The van der Waals surface area contributed by atoms with Crippen LogP contribution in [-0.2, 0) is 37.5 Å². The largest absolute Gasteiger partial charge is 0.325 e. The van der Waals surface area contributed by atoms with Gasteiger partial charge in [0.25, 0.3) is 0 Å². The van der Waals surface area contributed by atoms with Crippen LogP contribution in [0.25, 0.3) is 0 Å². The molecule has 0 bridgehead atoms. The smallest absolute Gasteiger partial charge is 0.221 e. The number of rotatable bonds is 1. The third-order valence-corrected chi connectivity index (χ3v) is 0.835. The Hall–Kier alpha value is -0.346. The van der Waals surface area contributed by atoms with Gasteiger partial charge in [-0.1, -0.05) is 0 Å². The van der Waals surface area contributed by atoms with Gasteiger partial charge in [0.15, 0.2) is 0 Å². The molecule has 1 aromatic heterocycles. The van der Waals surface area contributed by atoms with Gasteiger partial charge in [-0.15, -0.1) is 6.20 Å². The van der Waals surface area contributed by atoms with Gasteiger partial charge in [0.2, 0.25) is 5.91 Å². The van der Waals surface area contributed by atoms with E-state index in [1.54, 1.807) is 12.1 Å². The first-order valence-electron chi connectivity index (χ1n) is 2.76. The third kappa shape index (κ3) is 4.16. The number of amides is 1. The molecule has 1 heterocycles. The molecule has 55 valence electrons. The maximum atomic E-state index is 10.4. The van der Waals surface area contributed by atoms with E-state index in [4.69, 9.17) is 0 Å². The number of hydrogen-bond acceptors (Lipinski definition) is 3. The van der Waals surface area contributed by atoms with Crippen molar-refractivity contribution in [3.8, 4) is 0 Å². The SMILES string of the molecule is CC(=O)Nc1cc[c-]nn1.[Y]. The molecule has 0 fully saturated rings. The normalized spacial score (nSPS) is 8.09. The van der Waals surface area contributed by atoms with E-state index < -0.39 is 0 Å². The van der Waals surface area contributed by atoms with E-state index in [1.165, 1.54) is 6.92 Å². The fraction of sp³-hybridized carbons (Fsp3) is 0.167. The van der Waals surface area contributed by atoms with Gasteiger partial charge < -0.3 is 5.32 Å². The van der Waals surface area contributed by atoms with Gasteiger partial charge in [-0.3, -0.25) is 9.89 Å². The first-order valence-corrected chi connectivity index (χ1v) is 2.76. The zero-order chi connectivity index (χ0) is 7.40. The third-order valence-electron chi connectivity index (χ3n) is 0.835. The summed E-state index contributed by atoms with van der Waals surface area (Å²) in [6.45, 7) is 1.42. The van der Waals surface area contributed by atoms with Gasteiger partial charge >= 0.3 is 0 Å². The first-order chi connectivity index (χ1) is 4.79. The van der Waals surface area contributed by atoms with Crippen molar-refractivity contribution in [3.05, 3.63) is 18.3 Å². The van der Waals surface area contributed by atoms with Crippen LogP contribution in [-0.4, -0.2) is 16.1 Å². The van der Waals surface area contributed by atoms with Crippen molar-refractivity contribution < 1.29 is 37.5 Å². The number of hydrogen-bond donors (Lipinski definition) is 1. The van der Waals surface area contributed by atoms with E-state index in [2.05, 4.69) is 21.7 Å². The standard InChI is InChI=1S/C6H6N3O.Y/c1-5(10)8-6-3-2-4-7-9-6;/h2-3H,1H3,(H,8,9,10);/q-1;. The number of aromatic nitrogens is 2. The molecular weight excluding hydrogens is 219 g/mol. The topological polar surface area (TPSA) is 54.9 Å². The van der Waals surface area contributed by atoms with Crippen LogP contribution < -0.4 is 5.32 Å². The van der Waals surface area contributed by atoms with Crippen molar-refractivity contribution >= 4 is 11.7 Å². The molecule has 4 nitrogen and oxygen atoms in total. The van der Waals surface area contributed by atoms with E-state index >= 15 is 0 Å². The van der Waals surface area contributed by atoms with E-state index in [-0.39, 0.29) is 38.6 Å². The zero-order valence-electron chi connectivity index (χ0n) is 6.03. The molecule has 11 heavy (non-hydrogen) atoms. The first kappa shape index (κ1) is 10.7. The minimum Gasteiger partial charge on any atom is -0.325 e. The van der Waals surface area contributed by atoms with Crippen molar-refractivity contribution in [2.75, 3.05) is 5.32 Å². The fourth-order valence-electron chi connectivity index (χ4n) is 0.513. The molecule has 1 rings (SSSR count). The molecule has 0 saturated carbocycles. The van der Waals surface area contributed by atoms with E-state index in [9.17, 15) is 4.79 Å². The Morgan fingerprint density at radius 3 is 2.91 bits per heavy atom. The van der Waals surface area contributed by atoms with Crippen molar-refractivity contribution in [2.45, 2.75) is 6.92 Å². The predicted octanol–water partition coefficient (Wildman–Crippen LogP) is 0.233. The molecule has 0 spiro atoms. The predicted molar refractivity (Wildman–Crippen MR) is 35.2 cm³/mol. The quantitative estimate of drug-likeness (QED) is 0.696. The van der Waals surface area contributed by atoms with Gasteiger partial charge in [0, 0.05) is 39.6 Å². The Morgan fingerprint density at radius 2 is 2.45 bits per heavy atom. The Balaban J connectivity index is 0.000001000. The molecule has 0 saturated heterocycles. The van der Waals surface area contributed by atoms with Crippen molar-refractivity contribution in [2.24, 2.45) is 0 Å². The maximum absolute atomic E-state index is 10.4. The molecule has 0 aromatic carbocycles. The van der Waals surface area contributed by atoms with Crippen LogP contribution in [0.15, 0.2) is 12.1 Å². The molecule has 0 unspecified atom stereocenters. The Kier molecular flexibility index (Phi) is 5.16. The summed E-state index contributed by atoms with van der Waals surface area (Å²) in [5, 5.41) is 9.50. The van der Waals surface area contributed by atoms with Gasteiger partial charge in [-0.2, -0.15) is 11.2 Å². The van der Waals surface area contributed by atoms with Crippen molar-refractivity contribution in [1.82, 2.24) is 10.2 Å². The molecule has 1 aromatic rings. The second-order valence-electron chi connectivity index (χ2n) is 1.73. The minimum atomic E-state index is -0.152.